The van der Waals surface area contributed by atoms with Crippen molar-refractivity contribution in [3.63, 3.8) is 0 Å². The summed E-state index contributed by atoms with van der Waals surface area (Å²) < 4.78 is 5.48. The Morgan fingerprint density at radius 3 is 2.70 bits per heavy atom. The van der Waals surface area contributed by atoms with Crippen LogP contribution >= 0.6 is 0 Å². The number of carbonyl (C=O) groups is 1. The SMILES string of the molecule is Cc1ccccc1C(=O)NCCc1nnc(C(C)C)o1. The van der Waals surface area contributed by atoms with Gasteiger partial charge in [-0.25, -0.2) is 0 Å². The molecule has 20 heavy (non-hydrogen) atoms. The molecule has 0 bridgehead atoms. The number of nitrogens with zero attached hydrogens (tertiary/aromatic N) is 2. The van der Waals surface area contributed by atoms with Gasteiger partial charge in [0.2, 0.25) is 11.8 Å². The molecular weight excluding hydrogens is 254 g/mol. The van der Waals surface area contributed by atoms with E-state index in [0.29, 0.717) is 30.3 Å². The van der Waals surface area contributed by atoms with Crippen LogP contribution in [0, 0.1) is 6.92 Å². The lowest BCUT2D eigenvalue weighted by Gasteiger charge is -2.06. The number of aryl methyl sites for hydroxylation is 1. The lowest BCUT2D eigenvalue weighted by Crippen LogP contribution is -2.26. The molecule has 0 aliphatic rings. The predicted octanol–water partition coefficient (Wildman–Crippen LogP) is 2.47. The molecular formula is C15H19N3O2. The van der Waals surface area contributed by atoms with Crippen LogP contribution < -0.4 is 5.32 Å². The van der Waals surface area contributed by atoms with Crippen LogP contribution in [0.5, 0.6) is 0 Å². The number of hydrogen-bond acceptors (Lipinski definition) is 4. The van der Waals surface area contributed by atoms with Crippen molar-refractivity contribution in [1.82, 2.24) is 15.5 Å². The molecule has 1 aromatic carbocycles. The zero-order valence-electron chi connectivity index (χ0n) is 12.0. The monoisotopic (exact) mass is 273 g/mol. The molecule has 0 aliphatic heterocycles. The Kier molecular flexibility index (Phi) is 4.50. The summed E-state index contributed by atoms with van der Waals surface area (Å²) >= 11 is 0. The minimum Gasteiger partial charge on any atom is -0.425 e. The highest BCUT2D eigenvalue weighted by atomic mass is 16.4. The second-order valence-electron chi connectivity index (χ2n) is 5.01. The van der Waals surface area contributed by atoms with Crippen molar-refractivity contribution < 1.29 is 9.21 Å². The first-order valence-corrected chi connectivity index (χ1v) is 6.74. The predicted molar refractivity (Wildman–Crippen MR) is 75.6 cm³/mol. The summed E-state index contributed by atoms with van der Waals surface area (Å²) in [5.41, 5.74) is 1.66. The molecule has 1 amide bonds. The average molecular weight is 273 g/mol. The van der Waals surface area contributed by atoms with Crippen LogP contribution in [-0.2, 0) is 6.42 Å². The van der Waals surface area contributed by atoms with Gasteiger partial charge in [0.25, 0.3) is 5.91 Å². The first-order chi connectivity index (χ1) is 9.58. The molecule has 0 saturated carbocycles. The molecule has 106 valence electrons. The Bertz CT molecular complexity index is 590. The largest absolute Gasteiger partial charge is 0.425 e. The van der Waals surface area contributed by atoms with E-state index in [1.807, 2.05) is 45.0 Å². The minimum atomic E-state index is -0.0771. The lowest BCUT2D eigenvalue weighted by molar-refractivity contribution is 0.0953. The number of amides is 1. The van der Waals surface area contributed by atoms with Crippen molar-refractivity contribution in [1.29, 1.82) is 0 Å². The molecule has 0 saturated heterocycles. The maximum atomic E-state index is 12.0. The Balaban J connectivity index is 1.86. The average Bonchev–Trinajstić information content (AvgIpc) is 2.88. The second kappa shape index (κ2) is 6.32. The van der Waals surface area contributed by atoms with Gasteiger partial charge in [-0.3, -0.25) is 4.79 Å². The number of benzene rings is 1. The van der Waals surface area contributed by atoms with Crippen LogP contribution in [0.3, 0.4) is 0 Å². The summed E-state index contributed by atoms with van der Waals surface area (Å²) in [7, 11) is 0. The van der Waals surface area contributed by atoms with Gasteiger partial charge in [0, 0.05) is 24.4 Å². The molecule has 0 spiro atoms. The Morgan fingerprint density at radius 1 is 1.30 bits per heavy atom. The summed E-state index contributed by atoms with van der Waals surface area (Å²) in [5, 5.41) is 10.8. The van der Waals surface area contributed by atoms with Crippen LogP contribution in [0.15, 0.2) is 28.7 Å². The zero-order chi connectivity index (χ0) is 14.5. The number of rotatable bonds is 5. The van der Waals surface area contributed by atoms with E-state index in [0.717, 1.165) is 5.56 Å². The molecule has 5 heteroatoms. The van der Waals surface area contributed by atoms with E-state index in [-0.39, 0.29) is 11.8 Å². The molecule has 0 radical (unpaired) electrons. The normalized spacial score (nSPS) is 10.8. The first kappa shape index (κ1) is 14.2. The van der Waals surface area contributed by atoms with Crippen LogP contribution in [0.2, 0.25) is 0 Å². The minimum absolute atomic E-state index is 0.0771. The van der Waals surface area contributed by atoms with Crippen LogP contribution in [-0.4, -0.2) is 22.6 Å². The summed E-state index contributed by atoms with van der Waals surface area (Å²) in [5.74, 6) is 1.33. The molecule has 1 N–H and O–H groups in total. The fraction of sp³-hybridized carbons (Fsp3) is 0.400. The smallest absolute Gasteiger partial charge is 0.251 e. The van der Waals surface area contributed by atoms with E-state index in [1.165, 1.54) is 0 Å². The van der Waals surface area contributed by atoms with Gasteiger partial charge in [-0.2, -0.15) is 0 Å². The van der Waals surface area contributed by atoms with Crippen LogP contribution in [0.25, 0.3) is 0 Å². The summed E-state index contributed by atoms with van der Waals surface area (Å²) in [4.78, 5) is 12.0. The standard InChI is InChI=1S/C15H19N3O2/c1-10(2)15-18-17-13(20-15)8-9-16-14(19)12-7-5-4-6-11(12)3/h4-7,10H,8-9H2,1-3H3,(H,16,19). The van der Waals surface area contributed by atoms with Gasteiger partial charge in [0.05, 0.1) is 0 Å². The highest BCUT2D eigenvalue weighted by Gasteiger charge is 2.11. The van der Waals surface area contributed by atoms with Gasteiger partial charge < -0.3 is 9.73 Å². The number of hydrogen-bond donors (Lipinski definition) is 1. The fourth-order valence-electron chi connectivity index (χ4n) is 1.81. The molecule has 5 nitrogen and oxygen atoms in total. The third-order valence-electron chi connectivity index (χ3n) is 2.99. The summed E-state index contributed by atoms with van der Waals surface area (Å²) in [6.07, 6.45) is 0.539. The topological polar surface area (TPSA) is 68.0 Å². The lowest BCUT2D eigenvalue weighted by atomic mass is 10.1. The van der Waals surface area contributed by atoms with Crippen molar-refractivity contribution in [2.24, 2.45) is 0 Å². The van der Waals surface area contributed by atoms with Gasteiger partial charge in [-0.15, -0.1) is 10.2 Å². The zero-order valence-corrected chi connectivity index (χ0v) is 12.0. The molecule has 2 aromatic rings. The van der Waals surface area contributed by atoms with E-state index >= 15 is 0 Å². The molecule has 0 atom stereocenters. The molecule has 0 unspecified atom stereocenters. The van der Waals surface area contributed by atoms with Crippen LogP contribution in [0.1, 0.15) is 47.5 Å². The van der Waals surface area contributed by atoms with Crippen molar-refractivity contribution in [3.05, 3.63) is 47.2 Å². The third-order valence-corrected chi connectivity index (χ3v) is 2.99. The van der Waals surface area contributed by atoms with Crippen molar-refractivity contribution in [2.45, 2.75) is 33.1 Å². The van der Waals surface area contributed by atoms with E-state index in [9.17, 15) is 4.79 Å². The van der Waals surface area contributed by atoms with E-state index in [2.05, 4.69) is 15.5 Å². The highest BCUT2D eigenvalue weighted by molar-refractivity contribution is 5.95. The Hall–Kier alpha value is -2.17. The molecule has 2 rings (SSSR count). The summed E-state index contributed by atoms with van der Waals surface area (Å²) in [6, 6.07) is 7.50. The van der Waals surface area contributed by atoms with Gasteiger partial charge in [-0.05, 0) is 18.6 Å². The van der Waals surface area contributed by atoms with Crippen molar-refractivity contribution >= 4 is 5.91 Å². The van der Waals surface area contributed by atoms with Gasteiger partial charge in [0.1, 0.15) is 0 Å². The van der Waals surface area contributed by atoms with Gasteiger partial charge >= 0.3 is 0 Å². The van der Waals surface area contributed by atoms with Gasteiger partial charge in [0.15, 0.2) is 0 Å². The van der Waals surface area contributed by atoms with E-state index < -0.39 is 0 Å². The number of carbonyl (C=O) groups excluding carboxylic acids is 1. The second-order valence-corrected chi connectivity index (χ2v) is 5.01. The highest BCUT2D eigenvalue weighted by Crippen LogP contribution is 2.12. The van der Waals surface area contributed by atoms with E-state index in [1.54, 1.807) is 0 Å². The quantitative estimate of drug-likeness (QED) is 0.908. The maximum absolute atomic E-state index is 12.0. The number of nitrogens with one attached hydrogen (secondary N) is 1. The molecule has 1 heterocycles. The Labute approximate surface area is 118 Å². The molecule has 0 aliphatic carbocycles. The number of aromatic nitrogens is 2. The maximum Gasteiger partial charge on any atom is 0.251 e. The first-order valence-electron chi connectivity index (χ1n) is 6.74. The van der Waals surface area contributed by atoms with Crippen molar-refractivity contribution in [2.75, 3.05) is 6.54 Å². The fourth-order valence-corrected chi connectivity index (χ4v) is 1.81. The third kappa shape index (κ3) is 3.44. The van der Waals surface area contributed by atoms with Crippen molar-refractivity contribution in [3.8, 4) is 0 Å². The Morgan fingerprint density at radius 2 is 2.05 bits per heavy atom. The summed E-state index contributed by atoms with van der Waals surface area (Å²) in [6.45, 7) is 6.39. The molecule has 1 aromatic heterocycles. The van der Waals surface area contributed by atoms with E-state index in [4.69, 9.17) is 4.42 Å². The molecule has 0 fully saturated rings. The van der Waals surface area contributed by atoms with Crippen LogP contribution in [0.4, 0.5) is 0 Å². The van der Waals surface area contributed by atoms with Gasteiger partial charge in [-0.1, -0.05) is 32.0 Å².